The zero-order valence-electron chi connectivity index (χ0n) is 19.6. The molecule has 0 radical (unpaired) electrons. The monoisotopic (exact) mass is 499 g/mol. The smallest absolute Gasteiger partial charge is 0.430 e. The number of methoxy groups -OCH3 is 1. The number of aryl methyl sites for hydroxylation is 2. The van der Waals surface area contributed by atoms with Crippen molar-refractivity contribution in [2.24, 2.45) is 0 Å². The Kier molecular flexibility index (Phi) is 9.40. The normalized spacial score (nSPS) is 14.1. The van der Waals surface area contributed by atoms with E-state index >= 15 is 0 Å². The third-order valence-electron chi connectivity index (χ3n) is 5.41. The van der Waals surface area contributed by atoms with Crippen LogP contribution in [0.1, 0.15) is 37.3 Å². The van der Waals surface area contributed by atoms with Gasteiger partial charge in [0.2, 0.25) is 0 Å². The molecule has 1 heterocycles. The minimum Gasteiger partial charge on any atom is -0.464 e. The number of carbonyl (C=O) groups is 2. The Morgan fingerprint density at radius 2 is 1.80 bits per heavy atom. The highest BCUT2D eigenvalue weighted by Gasteiger charge is 2.63. The molecule has 9 nitrogen and oxygen atoms in total. The third-order valence-corrected chi connectivity index (χ3v) is 5.41. The third kappa shape index (κ3) is 6.38. The van der Waals surface area contributed by atoms with Crippen LogP contribution in [-0.4, -0.2) is 47.4 Å². The number of hydrogen-bond donors (Lipinski definition) is 2. The molecule has 1 amide bonds. The van der Waals surface area contributed by atoms with E-state index in [-0.39, 0.29) is 26.0 Å². The number of hydrogen-bond acceptors (Lipinski definition) is 6. The Hall–Kier alpha value is -3.41. The van der Waals surface area contributed by atoms with E-state index < -0.39 is 46.5 Å². The average molecular weight is 499 g/mol. The van der Waals surface area contributed by atoms with Crippen molar-refractivity contribution in [3.8, 4) is 0 Å². The molecule has 1 aromatic heterocycles. The number of nitrogens with zero attached hydrogens (tertiary/aromatic N) is 1. The highest BCUT2D eigenvalue weighted by Crippen LogP contribution is 2.42. The molecule has 0 aliphatic heterocycles. The fourth-order valence-electron chi connectivity index (χ4n) is 3.59. The minimum atomic E-state index is -5.13. The number of H-pyrrole nitrogens is 1. The number of esters is 1. The largest absolute Gasteiger partial charge is 0.464 e. The van der Waals surface area contributed by atoms with Gasteiger partial charge in [-0.05, 0) is 33.1 Å². The second kappa shape index (κ2) is 11.8. The second-order valence-electron chi connectivity index (χ2n) is 7.79. The lowest BCUT2D eigenvalue weighted by Gasteiger charge is -2.34. The van der Waals surface area contributed by atoms with Gasteiger partial charge in [-0.15, -0.1) is 0 Å². The summed E-state index contributed by atoms with van der Waals surface area (Å²) in [5.74, 6) is -2.44. The molecule has 0 aliphatic carbocycles. The number of aromatic amines is 1. The Morgan fingerprint density at radius 3 is 2.37 bits per heavy atom. The standard InChI is InChI=1S/C23H28F3N3O6/c1-4-35-19(31)17(12-8-9-13-29-14-15(2)18(30)28-21(29)33)27-20(32)22(34-3,23(24,25)26)16-10-6-5-7-11-16/h5-7,10-11,14,17H,4,8-9,12-13H2,1-3H3,(H,27,32)(H,28,30,33)/t17?,22-/m0/s1. The molecular weight excluding hydrogens is 471 g/mol. The number of ether oxygens (including phenoxy) is 2. The van der Waals surface area contributed by atoms with Crippen molar-refractivity contribution in [2.75, 3.05) is 13.7 Å². The molecule has 2 N–H and O–H groups in total. The number of halogens is 3. The molecule has 1 unspecified atom stereocenters. The van der Waals surface area contributed by atoms with E-state index in [0.29, 0.717) is 12.0 Å². The van der Waals surface area contributed by atoms with E-state index in [2.05, 4.69) is 10.3 Å². The van der Waals surface area contributed by atoms with Gasteiger partial charge in [0.05, 0.1) is 6.61 Å². The van der Waals surface area contributed by atoms with Crippen molar-refractivity contribution < 1.29 is 32.2 Å². The van der Waals surface area contributed by atoms with Gasteiger partial charge in [-0.25, -0.2) is 9.59 Å². The summed E-state index contributed by atoms with van der Waals surface area (Å²) in [6.07, 6.45) is -3.19. The van der Waals surface area contributed by atoms with Gasteiger partial charge >= 0.3 is 17.8 Å². The molecule has 2 atom stereocenters. The Labute approximate surface area is 199 Å². The Morgan fingerprint density at radius 1 is 1.14 bits per heavy atom. The van der Waals surface area contributed by atoms with E-state index in [1.165, 1.54) is 42.8 Å². The summed E-state index contributed by atoms with van der Waals surface area (Å²) in [5, 5.41) is 2.15. The van der Waals surface area contributed by atoms with E-state index in [4.69, 9.17) is 9.47 Å². The van der Waals surface area contributed by atoms with Gasteiger partial charge in [0.1, 0.15) is 6.04 Å². The average Bonchev–Trinajstić information content (AvgIpc) is 2.79. The van der Waals surface area contributed by atoms with Crippen molar-refractivity contribution in [2.45, 2.75) is 57.5 Å². The predicted molar refractivity (Wildman–Crippen MR) is 120 cm³/mol. The van der Waals surface area contributed by atoms with Crippen LogP contribution in [0.25, 0.3) is 0 Å². The van der Waals surface area contributed by atoms with E-state index in [0.717, 1.165) is 19.2 Å². The first-order chi connectivity index (χ1) is 16.5. The molecule has 0 fully saturated rings. The summed E-state index contributed by atoms with van der Waals surface area (Å²) in [4.78, 5) is 51.0. The number of unbranched alkanes of at least 4 members (excludes halogenated alkanes) is 1. The number of aromatic nitrogens is 2. The quantitative estimate of drug-likeness (QED) is 0.361. The maximum atomic E-state index is 14.1. The van der Waals surface area contributed by atoms with Crippen LogP contribution in [0, 0.1) is 6.92 Å². The number of benzene rings is 1. The van der Waals surface area contributed by atoms with Crippen LogP contribution >= 0.6 is 0 Å². The minimum absolute atomic E-state index is 0.0371. The molecular formula is C23H28F3N3O6. The zero-order valence-corrected chi connectivity index (χ0v) is 19.6. The number of nitrogens with one attached hydrogen (secondary N) is 2. The fraction of sp³-hybridized carbons (Fsp3) is 0.478. The highest BCUT2D eigenvalue weighted by molar-refractivity contribution is 5.91. The Balaban J connectivity index is 2.20. The summed E-state index contributed by atoms with van der Waals surface area (Å²) >= 11 is 0. The summed E-state index contributed by atoms with van der Waals surface area (Å²) in [7, 11) is 0.767. The van der Waals surface area contributed by atoms with Gasteiger partial charge in [0.15, 0.2) is 0 Å². The zero-order chi connectivity index (χ0) is 26.2. The maximum Gasteiger partial charge on any atom is 0.430 e. The maximum absolute atomic E-state index is 14.1. The van der Waals surface area contributed by atoms with E-state index in [1.807, 2.05) is 0 Å². The predicted octanol–water partition coefficient (Wildman–Crippen LogP) is 2.17. The fourth-order valence-corrected chi connectivity index (χ4v) is 3.59. The molecule has 192 valence electrons. The van der Waals surface area contributed by atoms with Gasteiger partial charge in [-0.3, -0.25) is 14.6 Å². The van der Waals surface area contributed by atoms with Crippen LogP contribution in [0.5, 0.6) is 0 Å². The summed E-state index contributed by atoms with van der Waals surface area (Å²) < 4.78 is 53.4. The van der Waals surface area contributed by atoms with Crippen molar-refractivity contribution in [3.63, 3.8) is 0 Å². The molecule has 0 spiro atoms. The second-order valence-corrected chi connectivity index (χ2v) is 7.79. The van der Waals surface area contributed by atoms with Gasteiger partial charge in [-0.1, -0.05) is 30.3 Å². The van der Waals surface area contributed by atoms with Crippen LogP contribution in [0.2, 0.25) is 0 Å². The van der Waals surface area contributed by atoms with Crippen molar-refractivity contribution in [1.82, 2.24) is 14.9 Å². The molecule has 12 heteroatoms. The molecule has 1 aromatic carbocycles. The number of carbonyl (C=O) groups excluding carboxylic acids is 2. The van der Waals surface area contributed by atoms with Gasteiger partial charge in [0.25, 0.3) is 17.1 Å². The van der Waals surface area contributed by atoms with Gasteiger partial charge in [-0.2, -0.15) is 13.2 Å². The SMILES string of the molecule is CCOC(=O)C(CCCCn1cc(C)c(=O)[nH]c1=O)NC(=O)[C@@](OC)(c1ccccc1)C(F)(F)F. The number of alkyl halides is 3. The van der Waals surface area contributed by atoms with Crippen LogP contribution < -0.4 is 16.6 Å². The lowest BCUT2D eigenvalue weighted by molar-refractivity contribution is -0.266. The number of amides is 1. The Bertz CT molecular complexity index is 1130. The lowest BCUT2D eigenvalue weighted by Crippen LogP contribution is -2.58. The summed E-state index contributed by atoms with van der Waals surface area (Å²) in [6.45, 7) is 3.22. The van der Waals surface area contributed by atoms with Crippen molar-refractivity contribution >= 4 is 11.9 Å². The molecule has 2 rings (SSSR count). The molecule has 0 saturated heterocycles. The van der Waals surface area contributed by atoms with Crippen LogP contribution in [0.3, 0.4) is 0 Å². The molecule has 0 aliphatic rings. The summed E-state index contributed by atoms with van der Waals surface area (Å²) in [5.41, 5.74) is -4.54. The van der Waals surface area contributed by atoms with Crippen molar-refractivity contribution in [3.05, 3.63) is 68.5 Å². The molecule has 0 saturated carbocycles. The van der Waals surface area contributed by atoms with E-state index in [1.54, 1.807) is 0 Å². The molecule has 0 bridgehead atoms. The lowest BCUT2D eigenvalue weighted by atomic mass is 9.91. The molecule has 2 aromatic rings. The highest BCUT2D eigenvalue weighted by atomic mass is 19.4. The van der Waals surface area contributed by atoms with Crippen LogP contribution in [-0.2, 0) is 31.2 Å². The van der Waals surface area contributed by atoms with Gasteiger partial charge < -0.3 is 19.4 Å². The topological polar surface area (TPSA) is 119 Å². The van der Waals surface area contributed by atoms with Crippen LogP contribution in [0.4, 0.5) is 13.2 Å². The molecule has 35 heavy (non-hydrogen) atoms. The van der Waals surface area contributed by atoms with Crippen molar-refractivity contribution in [1.29, 1.82) is 0 Å². The van der Waals surface area contributed by atoms with E-state index in [9.17, 15) is 32.3 Å². The first kappa shape index (κ1) is 27.8. The number of rotatable bonds is 11. The summed E-state index contributed by atoms with van der Waals surface area (Å²) in [6, 6.07) is 5.02. The van der Waals surface area contributed by atoms with Crippen LogP contribution in [0.15, 0.2) is 46.1 Å². The first-order valence-electron chi connectivity index (χ1n) is 10.9. The van der Waals surface area contributed by atoms with Gasteiger partial charge in [0, 0.05) is 31.0 Å². The first-order valence-corrected chi connectivity index (χ1v) is 10.9.